The predicted octanol–water partition coefficient (Wildman–Crippen LogP) is 6.69. The minimum Gasteiger partial charge on any atom is -0.371 e. The van der Waals surface area contributed by atoms with Crippen LogP contribution < -0.4 is 10.2 Å². The second-order valence-corrected chi connectivity index (χ2v) is 12.0. The maximum atomic E-state index is 13.6. The van der Waals surface area contributed by atoms with Crippen LogP contribution in [0.5, 0.6) is 0 Å². The fourth-order valence-electron chi connectivity index (χ4n) is 6.77. The van der Waals surface area contributed by atoms with Gasteiger partial charge in [0.25, 0.3) is 11.8 Å². The Morgan fingerprint density at radius 1 is 0.952 bits per heavy atom. The lowest BCUT2D eigenvalue weighted by Crippen LogP contribution is -2.48. The van der Waals surface area contributed by atoms with E-state index in [0.717, 1.165) is 56.0 Å². The molecule has 10 heteroatoms. The van der Waals surface area contributed by atoms with Crippen LogP contribution >= 0.6 is 11.6 Å². The standard InChI is InChI=1S/C32H32ClF3N4O2/c33-26-3-1-2-25(32(34,35)36)28(26)29(41)38-27-7-6-21-4-5-22(20-24(21)27)30(42)40-18-12-31(13-19-40)10-16-39(17-11-31)23-8-14-37-15-9-23/h1-5,8-9,14-15,20,27H,6-7,10-13,16-19H2,(H,38,41)/t27-/m1/s1. The van der Waals surface area contributed by atoms with Crippen molar-refractivity contribution >= 4 is 29.1 Å². The van der Waals surface area contributed by atoms with Gasteiger partial charge in [-0.1, -0.05) is 23.7 Å². The molecule has 2 fully saturated rings. The minimum atomic E-state index is -4.71. The number of benzene rings is 2. The summed E-state index contributed by atoms with van der Waals surface area (Å²) in [5, 5.41) is 2.49. The molecule has 1 N–H and O–H groups in total. The van der Waals surface area contributed by atoms with E-state index >= 15 is 0 Å². The van der Waals surface area contributed by atoms with Crippen LogP contribution in [0.3, 0.4) is 0 Å². The average molecular weight is 597 g/mol. The smallest absolute Gasteiger partial charge is 0.371 e. The predicted molar refractivity (Wildman–Crippen MR) is 155 cm³/mol. The number of pyridine rings is 1. The lowest BCUT2D eigenvalue weighted by molar-refractivity contribution is -0.137. The van der Waals surface area contributed by atoms with Gasteiger partial charge < -0.3 is 15.1 Å². The van der Waals surface area contributed by atoms with Crippen molar-refractivity contribution in [2.75, 3.05) is 31.1 Å². The second kappa shape index (κ2) is 11.2. The molecule has 1 aromatic heterocycles. The van der Waals surface area contributed by atoms with Crippen LogP contribution in [-0.2, 0) is 12.6 Å². The number of anilines is 1. The molecule has 3 aliphatic rings. The molecule has 0 unspecified atom stereocenters. The van der Waals surface area contributed by atoms with Crippen LogP contribution in [-0.4, -0.2) is 47.9 Å². The molecular weight excluding hydrogens is 565 g/mol. The first-order valence-electron chi connectivity index (χ1n) is 14.4. The molecule has 2 saturated heterocycles. The lowest BCUT2D eigenvalue weighted by Gasteiger charge is -2.47. The summed E-state index contributed by atoms with van der Waals surface area (Å²) in [7, 11) is 0. The van der Waals surface area contributed by atoms with Gasteiger partial charge in [0.15, 0.2) is 0 Å². The molecule has 6 rings (SSSR count). The summed E-state index contributed by atoms with van der Waals surface area (Å²) in [5.41, 5.74) is 2.08. The Bertz CT molecular complexity index is 1480. The van der Waals surface area contributed by atoms with Gasteiger partial charge in [0, 0.05) is 49.8 Å². The highest BCUT2D eigenvalue weighted by Gasteiger charge is 2.40. The molecule has 1 aliphatic carbocycles. The number of hydrogen-bond donors (Lipinski definition) is 1. The van der Waals surface area contributed by atoms with Crippen LogP contribution in [0.2, 0.25) is 5.02 Å². The number of alkyl halides is 3. The van der Waals surface area contributed by atoms with E-state index in [4.69, 9.17) is 11.6 Å². The fourth-order valence-corrected chi connectivity index (χ4v) is 7.03. The average Bonchev–Trinajstić information content (AvgIpc) is 3.39. The summed E-state index contributed by atoms with van der Waals surface area (Å²) in [6, 6.07) is 12.4. The van der Waals surface area contributed by atoms with E-state index in [1.165, 1.54) is 17.8 Å². The first-order chi connectivity index (χ1) is 20.1. The molecule has 2 aromatic carbocycles. The van der Waals surface area contributed by atoms with E-state index in [2.05, 4.69) is 15.2 Å². The number of rotatable bonds is 4. The molecule has 0 saturated carbocycles. The highest BCUT2D eigenvalue weighted by atomic mass is 35.5. The Hall–Kier alpha value is -3.59. The molecule has 1 spiro atoms. The van der Waals surface area contributed by atoms with E-state index in [0.29, 0.717) is 31.5 Å². The van der Waals surface area contributed by atoms with Crippen molar-refractivity contribution < 1.29 is 22.8 Å². The number of aromatic nitrogens is 1. The normalized spacial score (nSPS) is 20.0. The van der Waals surface area contributed by atoms with Crippen molar-refractivity contribution in [3.63, 3.8) is 0 Å². The minimum absolute atomic E-state index is 0.0516. The lowest BCUT2D eigenvalue weighted by atomic mass is 9.71. The first-order valence-corrected chi connectivity index (χ1v) is 14.8. The number of halogens is 4. The fraction of sp³-hybridized carbons (Fsp3) is 0.406. The van der Waals surface area contributed by atoms with Crippen molar-refractivity contribution in [2.45, 2.75) is 50.7 Å². The van der Waals surface area contributed by atoms with Crippen LogP contribution in [0.25, 0.3) is 0 Å². The number of nitrogens with one attached hydrogen (secondary N) is 1. The largest absolute Gasteiger partial charge is 0.417 e. The number of amides is 2. The zero-order valence-electron chi connectivity index (χ0n) is 23.1. The maximum absolute atomic E-state index is 13.6. The molecular formula is C32H32ClF3N4O2. The van der Waals surface area contributed by atoms with Gasteiger partial charge in [-0.15, -0.1) is 0 Å². The van der Waals surface area contributed by atoms with Gasteiger partial charge in [0.2, 0.25) is 0 Å². The number of carbonyl (C=O) groups excluding carboxylic acids is 2. The van der Waals surface area contributed by atoms with E-state index in [1.54, 1.807) is 6.07 Å². The van der Waals surface area contributed by atoms with Gasteiger partial charge in [-0.3, -0.25) is 14.6 Å². The quantitative estimate of drug-likeness (QED) is 0.364. The van der Waals surface area contributed by atoms with Gasteiger partial charge in [-0.05, 0) is 91.5 Å². The van der Waals surface area contributed by atoms with Crippen LogP contribution in [0.4, 0.5) is 18.9 Å². The highest BCUT2D eigenvalue weighted by molar-refractivity contribution is 6.34. The highest BCUT2D eigenvalue weighted by Crippen LogP contribution is 2.43. The van der Waals surface area contributed by atoms with E-state index in [-0.39, 0.29) is 16.3 Å². The molecule has 2 amide bonds. The summed E-state index contributed by atoms with van der Waals surface area (Å²) in [6.45, 7) is 3.37. The van der Waals surface area contributed by atoms with E-state index in [9.17, 15) is 22.8 Å². The Labute approximate surface area is 247 Å². The Morgan fingerprint density at radius 3 is 2.33 bits per heavy atom. The molecule has 6 nitrogen and oxygen atoms in total. The third kappa shape index (κ3) is 5.59. The van der Waals surface area contributed by atoms with Crippen molar-refractivity contribution in [3.05, 3.63) is 93.8 Å². The Kier molecular flexibility index (Phi) is 7.64. The summed E-state index contributed by atoms with van der Waals surface area (Å²) in [4.78, 5) is 35.0. The third-order valence-corrected chi connectivity index (χ3v) is 9.60. The number of fused-ring (bicyclic) bond motifs is 1. The van der Waals surface area contributed by atoms with Gasteiger partial charge in [0.05, 0.1) is 22.2 Å². The van der Waals surface area contributed by atoms with Gasteiger partial charge in [-0.2, -0.15) is 13.2 Å². The van der Waals surface area contributed by atoms with Crippen molar-refractivity contribution in [1.29, 1.82) is 0 Å². The number of carbonyl (C=O) groups is 2. The van der Waals surface area contributed by atoms with Crippen molar-refractivity contribution in [1.82, 2.24) is 15.2 Å². The second-order valence-electron chi connectivity index (χ2n) is 11.6. The molecule has 3 aromatic rings. The van der Waals surface area contributed by atoms with Crippen LogP contribution in [0.1, 0.15) is 75.6 Å². The molecule has 0 bridgehead atoms. The molecule has 1 atom stereocenters. The summed E-state index contributed by atoms with van der Waals surface area (Å²) >= 11 is 6.04. The molecule has 42 heavy (non-hydrogen) atoms. The zero-order valence-corrected chi connectivity index (χ0v) is 23.8. The zero-order chi connectivity index (χ0) is 29.5. The third-order valence-electron chi connectivity index (χ3n) is 9.29. The molecule has 3 heterocycles. The summed E-state index contributed by atoms with van der Waals surface area (Å²) in [6.07, 6.45) is 4.24. The SMILES string of the molecule is O=C(N[C@@H]1CCc2ccc(C(=O)N3CCC4(CC3)CCN(c3ccncc3)CC4)cc21)c1c(Cl)cccc1C(F)(F)F. The number of hydrogen-bond acceptors (Lipinski definition) is 4. The monoisotopic (exact) mass is 596 g/mol. The Balaban J connectivity index is 1.10. The first kappa shape index (κ1) is 28.5. The van der Waals surface area contributed by atoms with Crippen molar-refractivity contribution in [3.8, 4) is 0 Å². The molecule has 220 valence electrons. The van der Waals surface area contributed by atoms with E-state index < -0.39 is 29.3 Å². The maximum Gasteiger partial charge on any atom is 0.417 e. The summed E-state index contributed by atoms with van der Waals surface area (Å²) < 4.78 is 40.7. The van der Waals surface area contributed by atoms with Gasteiger partial charge in [0.1, 0.15) is 0 Å². The van der Waals surface area contributed by atoms with Gasteiger partial charge in [-0.25, -0.2) is 0 Å². The number of piperidine rings is 2. The van der Waals surface area contributed by atoms with E-state index in [1.807, 2.05) is 41.6 Å². The van der Waals surface area contributed by atoms with Crippen LogP contribution in [0, 0.1) is 5.41 Å². The Morgan fingerprint density at radius 2 is 1.64 bits per heavy atom. The van der Waals surface area contributed by atoms with Gasteiger partial charge >= 0.3 is 6.18 Å². The number of aryl methyl sites for hydroxylation is 1. The topological polar surface area (TPSA) is 65.5 Å². The van der Waals surface area contributed by atoms with Crippen molar-refractivity contribution in [2.24, 2.45) is 5.41 Å². The number of likely N-dealkylation sites (tertiary alicyclic amines) is 1. The molecule has 0 radical (unpaired) electrons. The number of nitrogens with zero attached hydrogens (tertiary/aromatic N) is 3. The molecule has 2 aliphatic heterocycles. The van der Waals surface area contributed by atoms with Crippen LogP contribution in [0.15, 0.2) is 60.9 Å². The summed E-state index contributed by atoms with van der Waals surface area (Å²) in [5.74, 6) is -0.928.